The predicted octanol–water partition coefficient (Wildman–Crippen LogP) is 5.69. The number of carbonyl (C=O) groups is 4. The Morgan fingerprint density at radius 3 is 2.22 bits per heavy atom. The van der Waals surface area contributed by atoms with Crippen molar-refractivity contribution in [2.75, 3.05) is 28.2 Å². The van der Waals surface area contributed by atoms with Crippen LogP contribution in [0.3, 0.4) is 0 Å². The highest BCUT2D eigenvalue weighted by Gasteiger charge is 2.31. The van der Waals surface area contributed by atoms with Crippen LogP contribution in [0.15, 0.2) is 91.0 Å². The van der Waals surface area contributed by atoms with E-state index in [0.29, 0.717) is 28.2 Å². The topological polar surface area (TPSA) is 107 Å². The first kappa shape index (κ1) is 27.3. The van der Waals surface area contributed by atoms with Crippen LogP contribution < -0.4 is 15.1 Å². The van der Waals surface area contributed by atoms with Gasteiger partial charge in [0.15, 0.2) is 0 Å². The number of aliphatic carboxylic acids is 1. The predicted molar refractivity (Wildman–Crippen MR) is 158 cm³/mol. The molecule has 0 spiro atoms. The number of carboxylic acid groups (broad SMARTS) is 1. The fourth-order valence-electron chi connectivity index (χ4n) is 4.91. The molecule has 206 valence electrons. The van der Waals surface area contributed by atoms with E-state index in [2.05, 4.69) is 5.32 Å². The number of hydrogen-bond donors (Lipinski definition) is 2. The Balaban J connectivity index is 1.37. The van der Waals surface area contributed by atoms with Crippen molar-refractivity contribution in [2.45, 2.75) is 20.3 Å². The minimum absolute atomic E-state index is 0.0126. The molecule has 0 aliphatic carbocycles. The molecule has 0 saturated heterocycles. The second kappa shape index (κ2) is 11.5. The van der Waals surface area contributed by atoms with Gasteiger partial charge in [0.1, 0.15) is 6.54 Å². The van der Waals surface area contributed by atoms with E-state index in [0.717, 1.165) is 22.3 Å². The van der Waals surface area contributed by atoms with Gasteiger partial charge in [-0.1, -0.05) is 54.1 Å². The van der Waals surface area contributed by atoms with Crippen LogP contribution in [0.1, 0.15) is 38.3 Å². The number of carbonyl (C=O) groups excluding carboxylic acids is 3. The summed E-state index contributed by atoms with van der Waals surface area (Å²) in [4.78, 5) is 53.8. The second-order valence-corrected chi connectivity index (χ2v) is 10.0. The van der Waals surface area contributed by atoms with Crippen molar-refractivity contribution in [3.8, 4) is 11.1 Å². The third-order valence-electron chi connectivity index (χ3n) is 7.03. The highest BCUT2D eigenvalue weighted by molar-refractivity contribution is 6.12. The minimum atomic E-state index is -1.13. The Labute approximate surface area is 237 Å². The molecule has 0 fully saturated rings. The van der Waals surface area contributed by atoms with Crippen LogP contribution in [-0.2, 0) is 9.59 Å². The highest BCUT2D eigenvalue weighted by atomic mass is 16.4. The van der Waals surface area contributed by atoms with Crippen LogP contribution in [0.2, 0.25) is 0 Å². The van der Waals surface area contributed by atoms with Crippen LogP contribution in [-0.4, -0.2) is 41.9 Å². The van der Waals surface area contributed by atoms with Crippen molar-refractivity contribution in [3.63, 3.8) is 0 Å². The number of nitrogens with zero attached hydrogens (tertiary/aromatic N) is 2. The van der Waals surface area contributed by atoms with Gasteiger partial charge in [-0.3, -0.25) is 24.1 Å². The van der Waals surface area contributed by atoms with Gasteiger partial charge in [-0.15, -0.1) is 0 Å². The van der Waals surface area contributed by atoms with E-state index < -0.39 is 12.5 Å². The number of nitrogens with one attached hydrogen (secondary N) is 1. The maximum absolute atomic E-state index is 13.6. The van der Waals surface area contributed by atoms with Gasteiger partial charge in [-0.25, -0.2) is 0 Å². The molecule has 0 bridgehead atoms. The average molecular weight is 548 g/mol. The van der Waals surface area contributed by atoms with Crippen molar-refractivity contribution in [1.82, 2.24) is 0 Å². The van der Waals surface area contributed by atoms with Crippen molar-refractivity contribution in [2.24, 2.45) is 0 Å². The number of hydrogen-bond acceptors (Lipinski definition) is 4. The lowest BCUT2D eigenvalue weighted by Crippen LogP contribution is -2.35. The smallest absolute Gasteiger partial charge is 0.323 e. The Morgan fingerprint density at radius 2 is 1.51 bits per heavy atom. The molecular weight excluding hydrogens is 518 g/mol. The molecule has 8 nitrogen and oxygen atoms in total. The zero-order chi connectivity index (χ0) is 29.1. The maximum Gasteiger partial charge on any atom is 0.323 e. The molecule has 8 heteroatoms. The third-order valence-corrected chi connectivity index (χ3v) is 7.03. The molecule has 0 atom stereocenters. The van der Waals surface area contributed by atoms with Crippen molar-refractivity contribution in [3.05, 3.63) is 113 Å². The quantitative estimate of drug-likeness (QED) is 0.323. The van der Waals surface area contributed by atoms with Gasteiger partial charge in [0, 0.05) is 29.8 Å². The lowest BCUT2D eigenvalue weighted by molar-refractivity contribution is -0.136. The Kier molecular flexibility index (Phi) is 7.65. The normalized spacial score (nSPS) is 12.9. The summed E-state index contributed by atoms with van der Waals surface area (Å²) in [7, 11) is 0. The van der Waals surface area contributed by atoms with Gasteiger partial charge < -0.3 is 15.3 Å². The lowest BCUT2D eigenvalue weighted by atomic mass is 9.98. The highest BCUT2D eigenvalue weighted by Crippen LogP contribution is 2.35. The Bertz CT molecular complexity index is 1640. The van der Waals surface area contributed by atoms with Crippen LogP contribution in [0.5, 0.6) is 0 Å². The van der Waals surface area contributed by atoms with E-state index in [1.807, 2.05) is 62.4 Å². The largest absolute Gasteiger partial charge is 0.480 e. The van der Waals surface area contributed by atoms with Crippen LogP contribution in [0.4, 0.5) is 17.1 Å². The number of rotatable bonds is 6. The number of fused-ring (bicyclic) bond motifs is 1. The van der Waals surface area contributed by atoms with E-state index in [-0.39, 0.29) is 30.7 Å². The van der Waals surface area contributed by atoms with Gasteiger partial charge in [0.05, 0.1) is 11.4 Å². The van der Waals surface area contributed by atoms with E-state index in [1.165, 1.54) is 9.80 Å². The second-order valence-electron chi connectivity index (χ2n) is 10.0. The molecule has 4 aromatic rings. The van der Waals surface area contributed by atoms with E-state index in [4.69, 9.17) is 0 Å². The first-order valence-electron chi connectivity index (χ1n) is 13.2. The fraction of sp³-hybridized carbons (Fsp3) is 0.152. The number of anilines is 3. The SMILES string of the molecule is Cc1ccc(-c2ccccc2C(=O)Nc2ccc(C(=O)N3CCC(=O)N(CC(=O)O)c4cc(C)ccc43)cc2)cc1. The van der Waals surface area contributed by atoms with Crippen molar-refractivity contribution in [1.29, 1.82) is 0 Å². The first-order chi connectivity index (χ1) is 19.7. The zero-order valence-electron chi connectivity index (χ0n) is 22.8. The molecule has 41 heavy (non-hydrogen) atoms. The number of benzene rings is 4. The molecule has 0 radical (unpaired) electrons. The number of carboxylic acids is 1. The summed E-state index contributed by atoms with van der Waals surface area (Å²) in [5.74, 6) is -2.10. The molecule has 2 N–H and O–H groups in total. The summed E-state index contributed by atoms with van der Waals surface area (Å²) in [6, 6.07) is 27.2. The molecule has 0 unspecified atom stereocenters. The maximum atomic E-state index is 13.6. The summed E-state index contributed by atoms with van der Waals surface area (Å²) in [6.07, 6.45) is -0.0126. The fourth-order valence-corrected chi connectivity index (χ4v) is 4.91. The molecule has 5 rings (SSSR count). The van der Waals surface area contributed by atoms with E-state index in [1.54, 1.807) is 42.5 Å². The summed E-state index contributed by atoms with van der Waals surface area (Å²) < 4.78 is 0. The van der Waals surface area contributed by atoms with Crippen molar-refractivity contribution < 1.29 is 24.3 Å². The third kappa shape index (κ3) is 5.86. The summed E-state index contributed by atoms with van der Waals surface area (Å²) >= 11 is 0. The number of aryl methyl sites for hydroxylation is 2. The zero-order valence-corrected chi connectivity index (χ0v) is 22.8. The lowest BCUT2D eigenvalue weighted by Gasteiger charge is -2.25. The van der Waals surface area contributed by atoms with Gasteiger partial charge in [-0.05, 0) is 73.0 Å². The summed E-state index contributed by atoms with van der Waals surface area (Å²) in [6.45, 7) is 3.47. The Morgan fingerprint density at radius 1 is 0.829 bits per heavy atom. The van der Waals surface area contributed by atoms with E-state index in [9.17, 15) is 24.3 Å². The van der Waals surface area contributed by atoms with Gasteiger partial charge >= 0.3 is 5.97 Å². The van der Waals surface area contributed by atoms with Crippen molar-refractivity contribution >= 4 is 40.8 Å². The first-order valence-corrected chi connectivity index (χ1v) is 13.2. The van der Waals surface area contributed by atoms with Gasteiger partial charge in [0.25, 0.3) is 11.8 Å². The summed E-state index contributed by atoms with van der Waals surface area (Å²) in [5, 5.41) is 12.3. The monoisotopic (exact) mass is 547 g/mol. The molecule has 4 aromatic carbocycles. The standard InChI is InChI=1S/C33H29N3O5/c1-21-7-10-23(11-8-21)26-5-3-4-6-27(26)32(40)34-25-14-12-24(13-15-25)33(41)35-18-17-30(37)36(20-31(38)39)29-19-22(2)9-16-28(29)35/h3-16,19H,17-18,20H2,1-2H3,(H,34,40)(H,38,39). The van der Waals surface area contributed by atoms with Gasteiger partial charge in [-0.2, -0.15) is 0 Å². The molecule has 1 aliphatic rings. The van der Waals surface area contributed by atoms with Gasteiger partial charge in [0.2, 0.25) is 5.91 Å². The van der Waals surface area contributed by atoms with Crippen LogP contribution >= 0.6 is 0 Å². The average Bonchev–Trinajstić information content (AvgIpc) is 3.09. The molecule has 0 saturated carbocycles. The van der Waals surface area contributed by atoms with Crippen LogP contribution in [0, 0.1) is 13.8 Å². The Hall–Kier alpha value is -5.24. The minimum Gasteiger partial charge on any atom is -0.480 e. The summed E-state index contributed by atoms with van der Waals surface area (Å²) in [5.41, 5.74) is 6.02. The van der Waals surface area contributed by atoms with Crippen LogP contribution in [0.25, 0.3) is 11.1 Å². The molecular formula is C33H29N3O5. The number of amides is 3. The molecule has 3 amide bonds. The molecule has 0 aromatic heterocycles. The molecule has 1 aliphatic heterocycles. The van der Waals surface area contributed by atoms with E-state index >= 15 is 0 Å². The molecule has 1 heterocycles.